The van der Waals surface area contributed by atoms with Gasteiger partial charge in [-0.2, -0.15) is 4.68 Å². The Labute approximate surface area is 157 Å². The van der Waals surface area contributed by atoms with Gasteiger partial charge in [0.1, 0.15) is 5.56 Å². The second-order valence-electron chi connectivity index (χ2n) is 6.80. The van der Waals surface area contributed by atoms with E-state index >= 15 is 0 Å². The van der Waals surface area contributed by atoms with E-state index in [0.29, 0.717) is 11.4 Å². The summed E-state index contributed by atoms with van der Waals surface area (Å²) in [6.45, 7) is 6.93. The van der Waals surface area contributed by atoms with E-state index in [0.717, 1.165) is 53.7 Å². The van der Waals surface area contributed by atoms with Crippen LogP contribution in [0.4, 0.5) is 0 Å². The highest BCUT2D eigenvalue weighted by Crippen LogP contribution is 2.30. The van der Waals surface area contributed by atoms with Gasteiger partial charge in [-0.15, -0.1) is 5.10 Å². The predicted octanol–water partition coefficient (Wildman–Crippen LogP) is 3.93. The van der Waals surface area contributed by atoms with Crippen LogP contribution in [0.1, 0.15) is 31.9 Å². The van der Waals surface area contributed by atoms with Crippen molar-refractivity contribution >= 4 is 11.8 Å². The number of hydrogen-bond acceptors (Lipinski definition) is 4. The highest BCUT2D eigenvalue weighted by molar-refractivity contribution is 7.99. The zero-order valence-electron chi connectivity index (χ0n) is 14.9. The van der Waals surface area contributed by atoms with Crippen LogP contribution in [0.15, 0.2) is 52.4 Å². The Balaban J connectivity index is 1.92. The molecular weight excluding hydrogens is 344 g/mol. The molecule has 3 heterocycles. The largest absolute Gasteiger partial charge is 0.324 e. The second kappa shape index (κ2) is 7.11. The fourth-order valence-corrected chi connectivity index (χ4v) is 4.28. The van der Waals surface area contributed by atoms with Gasteiger partial charge in [0.2, 0.25) is 0 Å². The summed E-state index contributed by atoms with van der Waals surface area (Å²) in [5.41, 5.74) is 3.58. The normalized spacial score (nSPS) is 14.2. The van der Waals surface area contributed by atoms with Crippen LogP contribution in [0.3, 0.4) is 0 Å². The van der Waals surface area contributed by atoms with Crippen LogP contribution >= 0.6 is 11.8 Å². The third kappa shape index (κ3) is 3.09. The van der Waals surface area contributed by atoms with Gasteiger partial charge in [0.05, 0.1) is 5.69 Å². The summed E-state index contributed by atoms with van der Waals surface area (Å²) in [5, 5.41) is 5.49. The Morgan fingerprint density at radius 3 is 2.81 bits per heavy atom. The van der Waals surface area contributed by atoms with E-state index in [1.165, 1.54) is 11.1 Å². The molecule has 0 unspecified atom stereocenters. The van der Waals surface area contributed by atoms with Gasteiger partial charge in [0, 0.05) is 18.0 Å². The summed E-state index contributed by atoms with van der Waals surface area (Å²) in [4.78, 5) is 17.9. The third-order valence-corrected chi connectivity index (χ3v) is 5.82. The van der Waals surface area contributed by atoms with Gasteiger partial charge < -0.3 is 4.57 Å². The lowest BCUT2D eigenvalue weighted by atomic mass is 10.1. The Kier molecular flexibility index (Phi) is 4.68. The standard InChI is InChI=1S/C20H22N4OS/c1-14(2)13-26-20-21-18-17(16-11-7-4-8-12-23(16)20)19(25)24(22-18)15-9-5-3-6-10-15/h3,5-6,9-10H,1,4,7-8,11-13H2,2H3. The lowest BCUT2D eigenvalue weighted by Crippen LogP contribution is -2.19. The average molecular weight is 366 g/mol. The lowest BCUT2D eigenvalue weighted by Gasteiger charge is -2.17. The molecule has 0 amide bonds. The molecule has 5 nitrogen and oxygen atoms in total. The van der Waals surface area contributed by atoms with Gasteiger partial charge in [-0.1, -0.05) is 48.5 Å². The van der Waals surface area contributed by atoms with Crippen LogP contribution in [0.25, 0.3) is 17.1 Å². The Hall–Kier alpha value is -2.34. The van der Waals surface area contributed by atoms with Crippen molar-refractivity contribution in [3.8, 4) is 17.1 Å². The SMILES string of the molecule is C=C(C)CSc1nc2nn(-c3ccccc3)c(=O)c-2c2n1CCCCC2. The topological polar surface area (TPSA) is 52.7 Å². The molecule has 0 aliphatic carbocycles. The molecule has 0 saturated carbocycles. The van der Waals surface area contributed by atoms with E-state index in [2.05, 4.69) is 16.2 Å². The number of fused-ring (bicyclic) bond motifs is 3. The summed E-state index contributed by atoms with van der Waals surface area (Å²) in [6.07, 6.45) is 4.29. The maximum atomic E-state index is 13.1. The minimum Gasteiger partial charge on any atom is -0.324 e. The first-order chi connectivity index (χ1) is 12.6. The number of para-hydroxylation sites is 1. The van der Waals surface area contributed by atoms with Gasteiger partial charge in [0.15, 0.2) is 11.0 Å². The van der Waals surface area contributed by atoms with Gasteiger partial charge in [-0.05, 0) is 38.3 Å². The maximum Gasteiger partial charge on any atom is 0.284 e. The molecule has 6 heteroatoms. The molecule has 0 bridgehead atoms. The highest BCUT2D eigenvalue weighted by Gasteiger charge is 2.26. The van der Waals surface area contributed by atoms with Crippen molar-refractivity contribution in [1.82, 2.24) is 19.3 Å². The molecule has 1 aromatic carbocycles. The molecule has 26 heavy (non-hydrogen) atoms. The molecule has 1 aromatic rings. The fourth-order valence-electron chi connectivity index (χ4n) is 3.40. The second-order valence-corrected chi connectivity index (χ2v) is 7.74. The molecule has 0 saturated heterocycles. The van der Waals surface area contributed by atoms with Crippen LogP contribution in [0.2, 0.25) is 0 Å². The Bertz CT molecular complexity index is 974. The Morgan fingerprint density at radius 2 is 2.04 bits per heavy atom. The average Bonchev–Trinajstić information content (AvgIpc) is 2.82. The zero-order valence-corrected chi connectivity index (χ0v) is 15.8. The summed E-state index contributed by atoms with van der Waals surface area (Å²) in [7, 11) is 0. The molecule has 0 aromatic heterocycles. The van der Waals surface area contributed by atoms with Crippen molar-refractivity contribution in [2.75, 3.05) is 5.75 Å². The molecule has 0 radical (unpaired) electrons. The highest BCUT2D eigenvalue weighted by atomic mass is 32.2. The van der Waals surface area contributed by atoms with Gasteiger partial charge in [-0.25, -0.2) is 4.98 Å². The number of benzene rings is 1. The quantitative estimate of drug-likeness (QED) is 0.399. The van der Waals surface area contributed by atoms with Crippen LogP contribution < -0.4 is 5.56 Å². The molecule has 134 valence electrons. The van der Waals surface area contributed by atoms with Crippen LogP contribution in [-0.2, 0) is 13.0 Å². The minimum atomic E-state index is -0.0687. The number of aromatic nitrogens is 4. The van der Waals surface area contributed by atoms with Gasteiger partial charge in [0.25, 0.3) is 5.56 Å². The molecule has 3 aliphatic heterocycles. The third-order valence-electron chi connectivity index (χ3n) is 4.62. The van der Waals surface area contributed by atoms with Gasteiger partial charge >= 0.3 is 0 Å². The first-order valence-corrected chi connectivity index (χ1v) is 9.99. The Morgan fingerprint density at radius 1 is 1.23 bits per heavy atom. The van der Waals surface area contributed by atoms with Crippen LogP contribution in [0, 0.1) is 0 Å². The molecular formula is C20H22N4OS. The fraction of sp³-hybridized carbons (Fsp3) is 0.350. The van der Waals surface area contributed by atoms with E-state index in [1.807, 2.05) is 37.3 Å². The van der Waals surface area contributed by atoms with Crippen molar-refractivity contribution in [3.05, 3.63) is 58.5 Å². The van der Waals surface area contributed by atoms with Crippen molar-refractivity contribution in [2.45, 2.75) is 44.3 Å². The van der Waals surface area contributed by atoms with Crippen LogP contribution in [-0.4, -0.2) is 25.1 Å². The van der Waals surface area contributed by atoms with Crippen LogP contribution in [0.5, 0.6) is 0 Å². The van der Waals surface area contributed by atoms with Crippen molar-refractivity contribution in [3.63, 3.8) is 0 Å². The summed E-state index contributed by atoms with van der Waals surface area (Å²) >= 11 is 1.68. The van der Waals surface area contributed by atoms with E-state index in [1.54, 1.807) is 11.8 Å². The predicted molar refractivity (Wildman–Crippen MR) is 105 cm³/mol. The van der Waals surface area contributed by atoms with Crippen molar-refractivity contribution in [2.24, 2.45) is 0 Å². The molecule has 0 N–H and O–H groups in total. The first kappa shape index (κ1) is 17.1. The van der Waals surface area contributed by atoms with E-state index in [-0.39, 0.29) is 5.56 Å². The lowest BCUT2D eigenvalue weighted by molar-refractivity contribution is 0.571. The number of nitrogens with zero attached hydrogens (tertiary/aromatic N) is 4. The summed E-state index contributed by atoms with van der Waals surface area (Å²) < 4.78 is 3.72. The van der Waals surface area contributed by atoms with E-state index in [4.69, 9.17) is 4.98 Å². The molecule has 0 atom stereocenters. The molecule has 0 fully saturated rings. The monoisotopic (exact) mass is 366 g/mol. The van der Waals surface area contributed by atoms with E-state index in [9.17, 15) is 4.79 Å². The number of rotatable bonds is 4. The van der Waals surface area contributed by atoms with Crippen molar-refractivity contribution < 1.29 is 0 Å². The molecule has 4 rings (SSSR count). The van der Waals surface area contributed by atoms with E-state index < -0.39 is 0 Å². The molecule has 3 aliphatic rings. The zero-order chi connectivity index (χ0) is 18.1. The number of hydrogen-bond donors (Lipinski definition) is 0. The van der Waals surface area contributed by atoms with Crippen molar-refractivity contribution in [1.29, 1.82) is 0 Å². The smallest absolute Gasteiger partial charge is 0.284 e. The maximum absolute atomic E-state index is 13.1. The summed E-state index contributed by atoms with van der Waals surface area (Å²) in [6, 6.07) is 9.56. The first-order valence-electron chi connectivity index (χ1n) is 9.00. The number of thioether (sulfide) groups is 1. The minimum absolute atomic E-state index is 0.0687. The molecule has 0 spiro atoms. The summed E-state index contributed by atoms with van der Waals surface area (Å²) in [5.74, 6) is 1.37. The van der Waals surface area contributed by atoms with Gasteiger partial charge in [-0.3, -0.25) is 4.79 Å².